The van der Waals surface area contributed by atoms with Gasteiger partial charge in [-0.1, -0.05) is 31.6 Å². The quantitative estimate of drug-likeness (QED) is 0.838. The topological polar surface area (TPSA) is 49.3 Å². The summed E-state index contributed by atoms with van der Waals surface area (Å²) in [6, 6.07) is 3.68. The fourth-order valence-electron chi connectivity index (χ4n) is 2.57. The van der Waals surface area contributed by atoms with Crippen LogP contribution in [0, 0.1) is 23.7 Å². The Balaban J connectivity index is 1.85. The number of hydrogen-bond acceptors (Lipinski definition) is 3. The van der Waals surface area contributed by atoms with Crippen LogP contribution in [0.1, 0.15) is 47.2 Å². The fourth-order valence-corrected chi connectivity index (χ4v) is 3.37. The molecule has 2 unspecified atom stereocenters. The molecule has 2 atom stereocenters. The highest BCUT2D eigenvalue weighted by atomic mass is 32.1. The molecular formula is C16H21NO2S. The van der Waals surface area contributed by atoms with Gasteiger partial charge < -0.3 is 10.4 Å². The maximum Gasteiger partial charge on any atom is 0.261 e. The summed E-state index contributed by atoms with van der Waals surface area (Å²) in [4.78, 5) is 13.6. The van der Waals surface area contributed by atoms with E-state index >= 15 is 0 Å². The van der Waals surface area contributed by atoms with Crippen molar-refractivity contribution in [1.29, 1.82) is 0 Å². The number of carbonyl (C=O) groups excluding carboxylic acids is 1. The molecule has 0 radical (unpaired) electrons. The molecular weight excluding hydrogens is 270 g/mol. The zero-order chi connectivity index (χ0) is 14.4. The molecule has 3 nitrogen and oxygen atoms in total. The van der Waals surface area contributed by atoms with Crippen LogP contribution in [0.5, 0.6) is 0 Å². The summed E-state index contributed by atoms with van der Waals surface area (Å²) in [7, 11) is 0. The van der Waals surface area contributed by atoms with Gasteiger partial charge in [-0.25, -0.2) is 0 Å². The Kier molecular flexibility index (Phi) is 5.63. The van der Waals surface area contributed by atoms with E-state index in [0.717, 1.165) is 17.3 Å². The van der Waals surface area contributed by atoms with E-state index in [2.05, 4.69) is 24.1 Å². The van der Waals surface area contributed by atoms with Crippen LogP contribution >= 0.6 is 11.3 Å². The lowest BCUT2D eigenvalue weighted by atomic mass is 9.98. The normalized spacial score (nSPS) is 21.3. The van der Waals surface area contributed by atoms with E-state index in [9.17, 15) is 4.79 Å². The molecule has 1 heterocycles. The van der Waals surface area contributed by atoms with Gasteiger partial charge in [-0.05, 0) is 30.4 Å². The van der Waals surface area contributed by atoms with Gasteiger partial charge in [0, 0.05) is 13.0 Å². The highest BCUT2D eigenvalue weighted by molar-refractivity contribution is 7.14. The van der Waals surface area contributed by atoms with E-state index < -0.39 is 0 Å². The maximum atomic E-state index is 12.1. The van der Waals surface area contributed by atoms with E-state index in [1.165, 1.54) is 30.6 Å². The summed E-state index contributed by atoms with van der Waals surface area (Å²) in [6.45, 7) is 3.12. The van der Waals surface area contributed by atoms with Gasteiger partial charge in [0.05, 0.1) is 16.4 Å². The zero-order valence-corrected chi connectivity index (χ0v) is 12.6. The predicted molar refractivity (Wildman–Crippen MR) is 81.7 cm³/mol. The minimum atomic E-state index is 0.00399. The molecule has 20 heavy (non-hydrogen) atoms. The van der Waals surface area contributed by atoms with Crippen LogP contribution in [0.15, 0.2) is 12.1 Å². The second-order valence-electron chi connectivity index (χ2n) is 5.32. The van der Waals surface area contributed by atoms with E-state index in [4.69, 9.17) is 5.11 Å². The minimum absolute atomic E-state index is 0.00399. The second kappa shape index (κ2) is 7.47. The molecule has 2 N–H and O–H groups in total. The second-order valence-corrected chi connectivity index (χ2v) is 6.40. The first-order valence-electron chi connectivity index (χ1n) is 7.18. The van der Waals surface area contributed by atoms with Crippen molar-refractivity contribution in [2.24, 2.45) is 11.8 Å². The van der Waals surface area contributed by atoms with E-state index in [1.807, 2.05) is 12.1 Å². The van der Waals surface area contributed by atoms with Gasteiger partial charge >= 0.3 is 0 Å². The highest BCUT2D eigenvalue weighted by Crippen LogP contribution is 2.30. The Bertz CT molecular complexity index is 512. The van der Waals surface area contributed by atoms with Crippen molar-refractivity contribution in [3.63, 3.8) is 0 Å². The molecule has 0 spiro atoms. The summed E-state index contributed by atoms with van der Waals surface area (Å²) in [6.07, 6.45) is 4.26. The average molecular weight is 291 g/mol. The number of hydrogen-bond donors (Lipinski definition) is 2. The Morgan fingerprint density at radius 2 is 2.35 bits per heavy atom. The highest BCUT2D eigenvalue weighted by Gasteiger charge is 2.23. The van der Waals surface area contributed by atoms with Crippen molar-refractivity contribution in [2.45, 2.75) is 32.6 Å². The molecule has 2 rings (SSSR count). The van der Waals surface area contributed by atoms with Crippen LogP contribution in [0.2, 0.25) is 0 Å². The Morgan fingerprint density at radius 1 is 1.50 bits per heavy atom. The average Bonchev–Trinajstić information content (AvgIpc) is 3.06. The molecule has 1 aliphatic rings. The third-order valence-corrected chi connectivity index (χ3v) is 4.84. The molecule has 0 aromatic carbocycles. The number of aliphatic hydroxyl groups is 1. The largest absolute Gasteiger partial charge is 0.395 e. The van der Waals surface area contributed by atoms with Gasteiger partial charge in [0.25, 0.3) is 5.91 Å². The standard InChI is InChI=1S/C16H21NO2S/c1-12-5-4-6-13(12)11-17-16(19)15-9-8-14(20-15)7-2-3-10-18/h8-9,12-13,18H,3-6,10-11H2,1H3,(H,17,19). The number of amides is 1. The van der Waals surface area contributed by atoms with Crippen molar-refractivity contribution >= 4 is 17.2 Å². The van der Waals surface area contributed by atoms with Crippen molar-refractivity contribution in [2.75, 3.05) is 13.2 Å². The number of nitrogens with one attached hydrogen (secondary N) is 1. The summed E-state index contributed by atoms with van der Waals surface area (Å²) in [5.74, 6) is 7.17. The molecule has 0 bridgehead atoms. The SMILES string of the molecule is CC1CCCC1CNC(=O)c1ccc(C#CCCO)s1. The van der Waals surface area contributed by atoms with Gasteiger partial charge in [-0.15, -0.1) is 11.3 Å². The monoisotopic (exact) mass is 291 g/mol. The first-order valence-corrected chi connectivity index (χ1v) is 8.00. The Morgan fingerprint density at radius 3 is 3.05 bits per heavy atom. The number of thiophene rings is 1. The van der Waals surface area contributed by atoms with Gasteiger partial charge in [0.15, 0.2) is 0 Å². The molecule has 4 heteroatoms. The summed E-state index contributed by atoms with van der Waals surface area (Å²) in [5.41, 5.74) is 0. The van der Waals surface area contributed by atoms with Crippen molar-refractivity contribution in [1.82, 2.24) is 5.32 Å². The lowest BCUT2D eigenvalue weighted by molar-refractivity contribution is 0.0948. The van der Waals surface area contributed by atoms with Crippen LogP contribution in [-0.2, 0) is 0 Å². The molecule has 1 amide bonds. The molecule has 1 fully saturated rings. The maximum absolute atomic E-state index is 12.1. The lowest BCUT2D eigenvalue weighted by Gasteiger charge is -2.15. The van der Waals surface area contributed by atoms with Crippen LogP contribution in [0.25, 0.3) is 0 Å². The molecule has 1 aromatic heterocycles. The van der Waals surface area contributed by atoms with E-state index in [1.54, 1.807) is 0 Å². The van der Waals surface area contributed by atoms with E-state index in [0.29, 0.717) is 17.2 Å². The van der Waals surface area contributed by atoms with Gasteiger partial charge in [0.1, 0.15) is 0 Å². The molecule has 1 aromatic rings. The predicted octanol–water partition coefficient (Wildman–Crippen LogP) is 2.65. The Hall–Kier alpha value is -1.31. The minimum Gasteiger partial charge on any atom is -0.395 e. The van der Waals surface area contributed by atoms with E-state index in [-0.39, 0.29) is 12.5 Å². The molecule has 1 saturated carbocycles. The first kappa shape index (κ1) is 15.1. The number of aliphatic hydroxyl groups excluding tert-OH is 1. The van der Waals surface area contributed by atoms with Crippen LogP contribution in [-0.4, -0.2) is 24.2 Å². The molecule has 0 saturated heterocycles. The molecule has 1 aliphatic carbocycles. The first-order chi connectivity index (χ1) is 9.70. The fraction of sp³-hybridized carbons (Fsp3) is 0.562. The van der Waals surface area contributed by atoms with Gasteiger partial charge in [0.2, 0.25) is 0 Å². The van der Waals surface area contributed by atoms with Crippen molar-refractivity contribution in [3.05, 3.63) is 21.9 Å². The smallest absolute Gasteiger partial charge is 0.261 e. The zero-order valence-electron chi connectivity index (χ0n) is 11.8. The summed E-state index contributed by atoms with van der Waals surface area (Å²) in [5, 5.41) is 11.7. The lowest BCUT2D eigenvalue weighted by Crippen LogP contribution is -2.29. The molecule has 0 aliphatic heterocycles. The summed E-state index contributed by atoms with van der Waals surface area (Å²) < 4.78 is 0. The van der Waals surface area contributed by atoms with Crippen LogP contribution in [0.4, 0.5) is 0 Å². The number of carbonyl (C=O) groups is 1. The molecule has 108 valence electrons. The third-order valence-electron chi connectivity index (χ3n) is 3.84. The van der Waals surface area contributed by atoms with Crippen molar-refractivity contribution in [3.8, 4) is 11.8 Å². The third kappa shape index (κ3) is 4.09. The van der Waals surface area contributed by atoms with Crippen molar-refractivity contribution < 1.29 is 9.90 Å². The van der Waals surface area contributed by atoms with Gasteiger partial charge in [-0.3, -0.25) is 4.79 Å². The van der Waals surface area contributed by atoms with Crippen LogP contribution in [0.3, 0.4) is 0 Å². The summed E-state index contributed by atoms with van der Waals surface area (Å²) >= 11 is 1.41. The Labute approximate surface area is 124 Å². The van der Waals surface area contributed by atoms with Gasteiger partial charge in [-0.2, -0.15) is 0 Å². The van der Waals surface area contributed by atoms with Crippen LogP contribution < -0.4 is 5.32 Å². The number of rotatable bonds is 4.